The number of aliphatic hydroxyl groups is 1. The molecule has 1 unspecified atom stereocenters. The molecule has 4 nitrogen and oxygen atoms in total. The van der Waals surface area contributed by atoms with Crippen molar-refractivity contribution in [2.24, 2.45) is 0 Å². The summed E-state index contributed by atoms with van der Waals surface area (Å²) in [7, 11) is 1.81. The van der Waals surface area contributed by atoms with Crippen molar-refractivity contribution < 1.29 is 5.11 Å². The van der Waals surface area contributed by atoms with Crippen LogP contribution in [0.2, 0.25) is 10.3 Å². The highest BCUT2D eigenvalue weighted by molar-refractivity contribution is 6.33. The Morgan fingerprint density at radius 1 is 1.50 bits per heavy atom. The Hall–Kier alpha value is -0.580. The van der Waals surface area contributed by atoms with E-state index in [1.807, 2.05) is 6.92 Å². The summed E-state index contributed by atoms with van der Waals surface area (Å²) >= 11 is 11.5. The lowest BCUT2D eigenvalue weighted by molar-refractivity contribution is 0.270. The van der Waals surface area contributed by atoms with Crippen molar-refractivity contribution in [3.8, 4) is 0 Å². The van der Waals surface area contributed by atoms with Crippen LogP contribution < -0.4 is 4.90 Å². The van der Waals surface area contributed by atoms with Gasteiger partial charge in [0.1, 0.15) is 0 Å². The van der Waals surface area contributed by atoms with Crippen LogP contribution in [0.25, 0.3) is 0 Å². The molecule has 1 N–H and O–H groups in total. The highest BCUT2D eigenvalue weighted by atomic mass is 35.5. The van der Waals surface area contributed by atoms with Crippen molar-refractivity contribution in [1.29, 1.82) is 0 Å². The average Bonchev–Trinajstić information content (AvgIpc) is 2.19. The van der Waals surface area contributed by atoms with Gasteiger partial charge in [0.25, 0.3) is 0 Å². The number of halogens is 2. The molecule has 0 bridgehead atoms. The van der Waals surface area contributed by atoms with Crippen LogP contribution in [0.5, 0.6) is 0 Å². The molecule has 6 heteroatoms. The van der Waals surface area contributed by atoms with Crippen molar-refractivity contribution in [3.63, 3.8) is 0 Å². The summed E-state index contributed by atoms with van der Waals surface area (Å²) in [5.74, 6) is 0. The van der Waals surface area contributed by atoms with E-state index in [0.717, 1.165) is 0 Å². The minimum atomic E-state index is -0.0484. The summed E-state index contributed by atoms with van der Waals surface area (Å²) < 4.78 is 0. The molecule has 0 amide bonds. The van der Waals surface area contributed by atoms with Gasteiger partial charge in [-0.1, -0.05) is 23.2 Å². The largest absolute Gasteiger partial charge is 0.394 e. The normalized spacial score (nSPS) is 12.6. The number of likely N-dealkylation sites (N-methyl/N-ethyl adjacent to an activating group) is 1. The molecule has 14 heavy (non-hydrogen) atoms. The Kier molecular flexibility index (Phi) is 3.92. The Morgan fingerprint density at radius 3 is 2.71 bits per heavy atom. The van der Waals surface area contributed by atoms with E-state index in [0.29, 0.717) is 5.69 Å². The third kappa shape index (κ3) is 2.47. The van der Waals surface area contributed by atoms with E-state index < -0.39 is 0 Å². The second-order valence-corrected chi connectivity index (χ2v) is 3.73. The number of aromatic nitrogens is 2. The van der Waals surface area contributed by atoms with E-state index in [1.54, 1.807) is 18.0 Å². The number of hydrogen-bond acceptors (Lipinski definition) is 4. The number of hydrogen-bond donors (Lipinski definition) is 1. The first-order valence-electron chi connectivity index (χ1n) is 4.08. The zero-order valence-electron chi connectivity index (χ0n) is 7.91. The predicted octanol–water partition coefficient (Wildman–Crippen LogP) is 1.60. The number of anilines is 1. The summed E-state index contributed by atoms with van der Waals surface area (Å²) in [5.41, 5.74) is 0.660. The van der Waals surface area contributed by atoms with Gasteiger partial charge in [0.15, 0.2) is 10.3 Å². The second kappa shape index (κ2) is 4.77. The molecule has 0 spiro atoms. The number of rotatable bonds is 3. The summed E-state index contributed by atoms with van der Waals surface area (Å²) in [6.45, 7) is 1.90. The fraction of sp³-hybridized carbons (Fsp3) is 0.500. The van der Waals surface area contributed by atoms with Crippen LogP contribution in [0.4, 0.5) is 5.69 Å². The Balaban J connectivity index is 2.99. The lowest BCUT2D eigenvalue weighted by Crippen LogP contribution is -2.32. The lowest BCUT2D eigenvalue weighted by Gasteiger charge is -2.25. The maximum Gasteiger partial charge on any atom is 0.175 e. The van der Waals surface area contributed by atoms with E-state index >= 15 is 0 Å². The van der Waals surface area contributed by atoms with E-state index in [9.17, 15) is 0 Å². The summed E-state index contributed by atoms with van der Waals surface area (Å²) in [4.78, 5) is 1.79. The van der Waals surface area contributed by atoms with Gasteiger partial charge < -0.3 is 10.0 Å². The zero-order chi connectivity index (χ0) is 10.7. The minimum absolute atomic E-state index is 0.0345. The smallest absolute Gasteiger partial charge is 0.175 e. The first kappa shape index (κ1) is 11.5. The Morgan fingerprint density at radius 2 is 2.14 bits per heavy atom. The van der Waals surface area contributed by atoms with Gasteiger partial charge in [-0.2, -0.15) is 0 Å². The van der Waals surface area contributed by atoms with Gasteiger partial charge in [0.05, 0.1) is 12.3 Å². The molecule has 1 atom stereocenters. The van der Waals surface area contributed by atoms with Gasteiger partial charge in [-0.3, -0.25) is 0 Å². The van der Waals surface area contributed by atoms with Crippen LogP contribution in [0.15, 0.2) is 6.07 Å². The van der Waals surface area contributed by atoms with Crippen molar-refractivity contribution in [3.05, 3.63) is 16.4 Å². The molecule has 78 valence electrons. The predicted molar refractivity (Wildman–Crippen MR) is 57.0 cm³/mol. The maximum absolute atomic E-state index is 8.97. The monoisotopic (exact) mass is 235 g/mol. The van der Waals surface area contributed by atoms with Crippen LogP contribution in [0, 0.1) is 0 Å². The van der Waals surface area contributed by atoms with E-state index in [-0.39, 0.29) is 23.0 Å². The molecule has 1 aromatic heterocycles. The van der Waals surface area contributed by atoms with Crippen LogP contribution in [-0.4, -0.2) is 35.0 Å². The molecule has 1 aromatic rings. The molecule has 0 aliphatic carbocycles. The third-order valence-corrected chi connectivity index (χ3v) is 2.46. The fourth-order valence-corrected chi connectivity index (χ4v) is 1.32. The molecular weight excluding hydrogens is 225 g/mol. The van der Waals surface area contributed by atoms with Crippen LogP contribution in [0.3, 0.4) is 0 Å². The molecule has 0 saturated carbocycles. The van der Waals surface area contributed by atoms with Gasteiger partial charge in [0.2, 0.25) is 0 Å². The molecule has 0 radical (unpaired) electrons. The molecule has 0 aliphatic heterocycles. The summed E-state index contributed by atoms with van der Waals surface area (Å²) in [6.07, 6.45) is 0. The van der Waals surface area contributed by atoms with Gasteiger partial charge >= 0.3 is 0 Å². The van der Waals surface area contributed by atoms with Crippen molar-refractivity contribution >= 4 is 28.9 Å². The van der Waals surface area contributed by atoms with Crippen LogP contribution in [0.1, 0.15) is 6.92 Å². The second-order valence-electron chi connectivity index (χ2n) is 2.99. The van der Waals surface area contributed by atoms with Gasteiger partial charge in [-0.05, 0) is 6.92 Å². The van der Waals surface area contributed by atoms with Crippen LogP contribution >= 0.6 is 23.2 Å². The van der Waals surface area contributed by atoms with E-state index in [4.69, 9.17) is 28.3 Å². The topological polar surface area (TPSA) is 49.2 Å². The summed E-state index contributed by atoms with van der Waals surface area (Å²) in [6, 6.07) is 1.57. The van der Waals surface area contributed by atoms with E-state index in [2.05, 4.69) is 10.2 Å². The Labute approximate surface area is 92.5 Å². The molecule has 0 aliphatic rings. The highest BCUT2D eigenvalue weighted by Gasteiger charge is 2.13. The lowest BCUT2D eigenvalue weighted by atomic mass is 10.3. The zero-order valence-corrected chi connectivity index (χ0v) is 9.42. The molecule has 1 rings (SSSR count). The van der Waals surface area contributed by atoms with Crippen molar-refractivity contribution in [2.75, 3.05) is 18.6 Å². The van der Waals surface area contributed by atoms with Gasteiger partial charge in [-0.25, -0.2) is 0 Å². The Bertz CT molecular complexity index is 321. The molecule has 0 aromatic carbocycles. The first-order valence-corrected chi connectivity index (χ1v) is 4.84. The standard InChI is InChI=1S/C8H11Cl2N3O/c1-5(4-14)13(2)6-3-7(9)11-12-8(6)10/h3,5,14H,4H2,1-2H3. The average molecular weight is 236 g/mol. The number of aliphatic hydroxyl groups excluding tert-OH is 1. The molecule has 0 saturated heterocycles. The maximum atomic E-state index is 8.97. The van der Waals surface area contributed by atoms with Crippen LogP contribution in [-0.2, 0) is 0 Å². The van der Waals surface area contributed by atoms with Gasteiger partial charge in [0, 0.05) is 19.2 Å². The molecule has 1 heterocycles. The van der Waals surface area contributed by atoms with Crippen molar-refractivity contribution in [2.45, 2.75) is 13.0 Å². The fourth-order valence-electron chi connectivity index (χ4n) is 0.951. The highest BCUT2D eigenvalue weighted by Crippen LogP contribution is 2.25. The third-order valence-electron chi connectivity index (χ3n) is 2.01. The SMILES string of the molecule is CC(CO)N(C)c1cc(Cl)nnc1Cl. The first-order chi connectivity index (χ1) is 6.56. The summed E-state index contributed by atoms with van der Waals surface area (Å²) in [5, 5.41) is 16.8. The van der Waals surface area contributed by atoms with Crippen molar-refractivity contribution in [1.82, 2.24) is 10.2 Å². The minimum Gasteiger partial charge on any atom is -0.394 e. The quantitative estimate of drug-likeness (QED) is 0.865. The number of nitrogens with zero attached hydrogens (tertiary/aromatic N) is 3. The van der Waals surface area contributed by atoms with Gasteiger partial charge in [-0.15, -0.1) is 10.2 Å². The van der Waals surface area contributed by atoms with E-state index in [1.165, 1.54) is 0 Å². The molecular formula is C8H11Cl2N3O. The molecule has 0 fully saturated rings.